The van der Waals surface area contributed by atoms with Crippen molar-refractivity contribution in [1.82, 2.24) is 0 Å². The highest BCUT2D eigenvalue weighted by atomic mass is 16.6. The van der Waals surface area contributed by atoms with Crippen LogP contribution in [0.5, 0.6) is 0 Å². The van der Waals surface area contributed by atoms with E-state index in [1.807, 2.05) is 6.08 Å². The predicted octanol–water partition coefficient (Wildman–Crippen LogP) is 5.00. The van der Waals surface area contributed by atoms with Crippen LogP contribution in [-0.4, -0.2) is 39.8 Å². The molecule has 0 heterocycles. The minimum atomic E-state index is -1.47. The standard InChI is InChI=1S/C32H44O5/c1-17-5-24-26-18(2)10-32(37-25(34)15-30-11-19-6-20(12-30)8-21(7-19)13-30)27(29(32,3)4)23(26)9-22(16-33)14-31(24,36)28(17)35/h5,9,18-21,23-24,26-27,33,36H,6-8,10-16H2,1-4H3/t18-,19?,20?,21?,23?,24+,26?,27-,30?,31?,32+/m1/s1. The highest BCUT2D eigenvalue weighted by Crippen LogP contribution is 2.76. The molecule has 8 rings (SSSR count). The Morgan fingerprint density at radius 3 is 2.27 bits per heavy atom. The number of ether oxygens (including phenoxy) is 1. The summed E-state index contributed by atoms with van der Waals surface area (Å²) in [5, 5.41) is 21.9. The first kappa shape index (κ1) is 24.6. The SMILES string of the molecule is CC1=C[C@H]2C3C(C=C(CO)CC2(O)C1=O)[C@@H]1C(C)(C)[C@]1(OC(=O)CC12CC4CC(CC(C4)C1)C2)C[C@H]3C. The zero-order valence-corrected chi connectivity index (χ0v) is 23.0. The monoisotopic (exact) mass is 508 g/mol. The van der Waals surface area contributed by atoms with Gasteiger partial charge >= 0.3 is 5.97 Å². The summed E-state index contributed by atoms with van der Waals surface area (Å²) in [6, 6.07) is 0. The number of ketones is 1. The zero-order chi connectivity index (χ0) is 26.1. The fraction of sp³-hybridized carbons (Fsp3) is 0.812. The molecule has 0 saturated heterocycles. The first-order valence-corrected chi connectivity index (χ1v) is 14.9. The Morgan fingerprint density at radius 2 is 1.68 bits per heavy atom. The molecular formula is C32H44O5. The van der Waals surface area contributed by atoms with E-state index in [4.69, 9.17) is 4.74 Å². The van der Waals surface area contributed by atoms with Gasteiger partial charge in [-0.05, 0) is 104 Å². The molecule has 8 aliphatic carbocycles. The number of hydrogen-bond donors (Lipinski definition) is 2. The zero-order valence-electron chi connectivity index (χ0n) is 23.0. The molecular weight excluding hydrogens is 464 g/mol. The lowest BCUT2D eigenvalue weighted by Gasteiger charge is -2.56. The van der Waals surface area contributed by atoms with Gasteiger partial charge in [-0.1, -0.05) is 32.9 Å². The van der Waals surface area contributed by atoms with E-state index in [2.05, 4.69) is 26.8 Å². The molecule has 0 aromatic rings. The van der Waals surface area contributed by atoms with E-state index in [0.29, 0.717) is 12.0 Å². The largest absolute Gasteiger partial charge is 0.458 e. The minimum absolute atomic E-state index is 0.00792. The molecule has 5 heteroatoms. The van der Waals surface area contributed by atoms with Crippen LogP contribution in [0, 0.1) is 58.2 Å². The summed E-state index contributed by atoms with van der Waals surface area (Å²) in [6.07, 6.45) is 13.4. The highest BCUT2D eigenvalue weighted by Gasteiger charge is 2.80. The molecule has 7 atom stereocenters. The van der Waals surface area contributed by atoms with E-state index in [1.54, 1.807) is 6.92 Å². The first-order valence-electron chi connectivity index (χ1n) is 14.9. The van der Waals surface area contributed by atoms with Crippen LogP contribution in [0.3, 0.4) is 0 Å². The van der Waals surface area contributed by atoms with Gasteiger partial charge in [0.2, 0.25) is 0 Å². The van der Waals surface area contributed by atoms with E-state index < -0.39 is 11.2 Å². The molecule has 0 amide bonds. The minimum Gasteiger partial charge on any atom is -0.458 e. The summed E-state index contributed by atoms with van der Waals surface area (Å²) < 4.78 is 6.64. The van der Waals surface area contributed by atoms with Crippen LogP contribution < -0.4 is 0 Å². The Labute approximate surface area is 221 Å². The number of rotatable bonds is 4. The van der Waals surface area contributed by atoms with E-state index in [0.717, 1.165) is 29.7 Å². The lowest BCUT2D eigenvalue weighted by atomic mass is 9.49. The molecule has 4 bridgehead atoms. The van der Waals surface area contributed by atoms with Crippen molar-refractivity contribution in [3.05, 3.63) is 23.3 Å². The molecule has 0 aliphatic heterocycles. The molecule has 6 saturated carbocycles. The fourth-order valence-corrected chi connectivity index (χ4v) is 11.7. The fourth-order valence-electron chi connectivity index (χ4n) is 11.7. The van der Waals surface area contributed by atoms with Crippen molar-refractivity contribution >= 4 is 11.8 Å². The number of hydrogen-bond acceptors (Lipinski definition) is 5. The Hall–Kier alpha value is -1.46. The molecule has 2 N–H and O–H groups in total. The average molecular weight is 509 g/mol. The van der Waals surface area contributed by atoms with Crippen molar-refractivity contribution in [2.24, 2.45) is 58.2 Å². The normalized spacial score (nSPS) is 52.4. The summed E-state index contributed by atoms with van der Waals surface area (Å²) in [6.45, 7) is 8.31. The maximum atomic E-state index is 13.7. The summed E-state index contributed by atoms with van der Waals surface area (Å²) >= 11 is 0. The van der Waals surface area contributed by atoms with Crippen LogP contribution in [0.1, 0.15) is 85.5 Å². The van der Waals surface area contributed by atoms with Crippen LogP contribution in [0.2, 0.25) is 0 Å². The van der Waals surface area contributed by atoms with Crippen LogP contribution in [0.25, 0.3) is 0 Å². The van der Waals surface area contributed by atoms with E-state index in [1.165, 1.54) is 38.5 Å². The van der Waals surface area contributed by atoms with Crippen molar-refractivity contribution < 1.29 is 24.5 Å². The Morgan fingerprint density at radius 1 is 1.05 bits per heavy atom. The number of aliphatic hydroxyl groups is 2. The van der Waals surface area contributed by atoms with Gasteiger partial charge in [-0.2, -0.15) is 0 Å². The van der Waals surface area contributed by atoms with Gasteiger partial charge in [0.05, 0.1) is 13.0 Å². The van der Waals surface area contributed by atoms with Crippen LogP contribution in [0.15, 0.2) is 23.3 Å². The van der Waals surface area contributed by atoms with Crippen molar-refractivity contribution in [3.63, 3.8) is 0 Å². The molecule has 5 nitrogen and oxygen atoms in total. The third-order valence-corrected chi connectivity index (χ3v) is 12.7. The number of aliphatic hydroxyl groups excluding tert-OH is 1. The van der Waals surface area contributed by atoms with E-state index in [-0.39, 0.29) is 65.2 Å². The van der Waals surface area contributed by atoms with Crippen molar-refractivity contribution in [1.29, 1.82) is 0 Å². The van der Waals surface area contributed by atoms with Gasteiger partial charge in [0.25, 0.3) is 0 Å². The number of carbonyl (C=O) groups is 2. The molecule has 8 aliphatic rings. The van der Waals surface area contributed by atoms with Gasteiger partial charge < -0.3 is 14.9 Å². The number of fused-ring (bicyclic) bond motifs is 5. The lowest BCUT2D eigenvalue weighted by molar-refractivity contribution is -0.166. The van der Waals surface area contributed by atoms with Crippen LogP contribution in [0.4, 0.5) is 0 Å². The molecule has 6 fully saturated rings. The third-order valence-electron chi connectivity index (χ3n) is 12.7. The van der Waals surface area contributed by atoms with Crippen molar-refractivity contribution in [3.8, 4) is 0 Å². The summed E-state index contributed by atoms with van der Waals surface area (Å²) in [7, 11) is 0. The topological polar surface area (TPSA) is 83.8 Å². The van der Waals surface area contributed by atoms with Crippen LogP contribution in [-0.2, 0) is 14.3 Å². The first-order chi connectivity index (χ1) is 17.4. The maximum Gasteiger partial charge on any atom is 0.306 e. The Bertz CT molecular complexity index is 1080. The molecule has 0 aromatic carbocycles. The number of allylic oxidation sites excluding steroid dienone is 1. The van der Waals surface area contributed by atoms with Crippen LogP contribution >= 0.6 is 0 Å². The molecule has 0 aromatic heterocycles. The Kier molecular flexibility index (Phi) is 5.04. The number of esters is 1. The van der Waals surface area contributed by atoms with E-state index >= 15 is 0 Å². The number of Topliss-reactive ketones (excluding diaryl/α,β-unsaturated/α-hetero) is 1. The second-order valence-electron chi connectivity index (χ2n) is 15.3. The van der Waals surface area contributed by atoms with Gasteiger partial charge in [-0.3, -0.25) is 9.59 Å². The molecule has 202 valence electrons. The Balaban J connectivity index is 1.18. The summed E-state index contributed by atoms with van der Waals surface area (Å²) in [5.41, 5.74) is -0.629. The van der Waals surface area contributed by atoms with Gasteiger partial charge in [-0.25, -0.2) is 0 Å². The summed E-state index contributed by atoms with van der Waals surface area (Å²) in [5.74, 6) is 2.42. The molecule has 0 spiro atoms. The van der Waals surface area contributed by atoms with Crippen molar-refractivity contribution in [2.45, 2.75) is 96.7 Å². The predicted molar refractivity (Wildman–Crippen MR) is 139 cm³/mol. The average Bonchev–Trinajstić information content (AvgIpc) is 3.22. The van der Waals surface area contributed by atoms with Gasteiger partial charge in [-0.15, -0.1) is 0 Å². The van der Waals surface area contributed by atoms with Gasteiger partial charge in [0.15, 0.2) is 5.78 Å². The third kappa shape index (κ3) is 3.22. The highest BCUT2D eigenvalue weighted by molar-refractivity contribution is 6.04. The van der Waals surface area contributed by atoms with E-state index in [9.17, 15) is 19.8 Å². The van der Waals surface area contributed by atoms with Gasteiger partial charge in [0.1, 0.15) is 11.2 Å². The smallest absolute Gasteiger partial charge is 0.306 e. The summed E-state index contributed by atoms with van der Waals surface area (Å²) in [4.78, 5) is 26.8. The molecule has 37 heavy (non-hydrogen) atoms. The maximum absolute atomic E-state index is 13.7. The second-order valence-corrected chi connectivity index (χ2v) is 15.3. The quantitative estimate of drug-likeness (QED) is 0.412. The lowest BCUT2D eigenvalue weighted by Crippen LogP contribution is -2.49. The van der Waals surface area contributed by atoms with Crippen molar-refractivity contribution in [2.75, 3.05) is 6.61 Å². The number of carbonyl (C=O) groups excluding carboxylic acids is 2. The molecule has 0 radical (unpaired) electrons. The second kappa shape index (κ2) is 7.59. The van der Waals surface area contributed by atoms with Gasteiger partial charge in [0, 0.05) is 23.7 Å². The molecule has 3 unspecified atom stereocenters.